The van der Waals surface area contributed by atoms with E-state index in [0.717, 1.165) is 34.3 Å². The molecule has 0 aliphatic heterocycles. The van der Waals surface area contributed by atoms with Gasteiger partial charge in [0, 0.05) is 61.3 Å². The van der Waals surface area contributed by atoms with Crippen molar-refractivity contribution < 1.29 is 18.0 Å². The molecule has 2 aromatic carbocycles. The first kappa shape index (κ1) is 22.6. The first-order chi connectivity index (χ1) is 15.8. The molecule has 1 N–H and O–H groups in total. The number of alkyl halides is 3. The zero-order valence-corrected chi connectivity index (χ0v) is 18.1. The minimum absolute atomic E-state index is 0.0392. The van der Waals surface area contributed by atoms with Gasteiger partial charge in [-0.25, -0.2) is 0 Å². The highest BCUT2D eigenvalue weighted by molar-refractivity contribution is 5.86. The minimum atomic E-state index is -4.45. The van der Waals surface area contributed by atoms with Crippen molar-refractivity contribution in [2.45, 2.75) is 24.9 Å². The van der Waals surface area contributed by atoms with Gasteiger partial charge in [-0.15, -0.1) is 0 Å². The summed E-state index contributed by atoms with van der Waals surface area (Å²) in [6, 6.07) is 18.5. The summed E-state index contributed by atoms with van der Waals surface area (Å²) in [7, 11) is 1.89. The Balaban J connectivity index is 1.62. The summed E-state index contributed by atoms with van der Waals surface area (Å²) in [5, 5.41) is 3.81. The molecule has 2 heterocycles. The van der Waals surface area contributed by atoms with Gasteiger partial charge in [0.2, 0.25) is 5.91 Å². The molecule has 2 aromatic heterocycles. The number of aromatic nitrogens is 2. The number of carbonyl (C=O) groups excluding carboxylic acids is 1. The molecular formula is C26H24F3N3O. The van der Waals surface area contributed by atoms with Gasteiger partial charge in [0.15, 0.2) is 0 Å². The Morgan fingerprint density at radius 3 is 2.61 bits per heavy atom. The fourth-order valence-corrected chi connectivity index (χ4v) is 4.12. The molecule has 4 rings (SSSR count). The Bertz CT molecular complexity index is 1250. The second-order valence-electron chi connectivity index (χ2n) is 8.01. The number of nitrogens with zero attached hydrogens (tertiary/aromatic N) is 2. The maximum Gasteiger partial charge on any atom is 0.416 e. The number of pyridine rings is 1. The third-order valence-electron chi connectivity index (χ3n) is 5.74. The molecule has 0 saturated carbocycles. The molecule has 0 fully saturated rings. The molecule has 0 bridgehead atoms. The molecule has 0 radical (unpaired) electrons. The van der Waals surface area contributed by atoms with E-state index in [1.54, 1.807) is 12.3 Å². The van der Waals surface area contributed by atoms with Crippen LogP contribution in [0.25, 0.3) is 10.9 Å². The summed E-state index contributed by atoms with van der Waals surface area (Å²) in [4.78, 5) is 17.1. The van der Waals surface area contributed by atoms with Crippen LogP contribution in [0.2, 0.25) is 0 Å². The first-order valence-electron chi connectivity index (χ1n) is 10.7. The summed E-state index contributed by atoms with van der Waals surface area (Å²) in [6.45, 7) is 0.403. The maximum atomic E-state index is 13.4. The van der Waals surface area contributed by atoms with Gasteiger partial charge in [-0.3, -0.25) is 9.78 Å². The standard InChI is InChI=1S/C26H24F3N3O/c1-32-17-23(21-10-2-3-11-24(21)32)22(18-7-6-8-19(15-18)26(27,28)29)16-25(33)31-14-12-20-9-4-5-13-30-20/h2-11,13,15,17,22H,12,14,16H2,1H3,(H,31,33)/t22-/m1/s1. The third kappa shape index (κ3) is 5.25. The molecule has 1 amide bonds. The van der Waals surface area contributed by atoms with Crippen molar-refractivity contribution in [3.63, 3.8) is 0 Å². The number of halogens is 3. The number of aryl methyl sites for hydroxylation is 1. The highest BCUT2D eigenvalue weighted by atomic mass is 19.4. The van der Waals surface area contributed by atoms with Crippen LogP contribution in [0.15, 0.2) is 79.1 Å². The number of fused-ring (bicyclic) bond motifs is 1. The summed E-state index contributed by atoms with van der Waals surface area (Å²) in [6.07, 6.45) is -0.241. The average Bonchev–Trinajstić information content (AvgIpc) is 3.14. The lowest BCUT2D eigenvalue weighted by Gasteiger charge is -2.19. The van der Waals surface area contributed by atoms with E-state index in [9.17, 15) is 18.0 Å². The van der Waals surface area contributed by atoms with Crippen LogP contribution in [0.4, 0.5) is 13.2 Å². The molecule has 4 aromatic rings. The number of para-hydroxylation sites is 1. The fourth-order valence-electron chi connectivity index (χ4n) is 4.12. The van der Waals surface area contributed by atoms with Gasteiger partial charge >= 0.3 is 6.18 Å². The van der Waals surface area contributed by atoms with Crippen LogP contribution in [0, 0.1) is 0 Å². The lowest BCUT2D eigenvalue weighted by molar-refractivity contribution is -0.137. The lowest BCUT2D eigenvalue weighted by Crippen LogP contribution is -2.27. The lowest BCUT2D eigenvalue weighted by atomic mass is 9.87. The van der Waals surface area contributed by atoms with Crippen molar-refractivity contribution in [2.24, 2.45) is 7.05 Å². The quantitative estimate of drug-likeness (QED) is 0.405. The molecule has 0 saturated heterocycles. The Kier molecular flexibility index (Phi) is 6.49. The van der Waals surface area contributed by atoms with E-state index < -0.39 is 17.7 Å². The van der Waals surface area contributed by atoms with Gasteiger partial charge in [-0.2, -0.15) is 13.2 Å². The summed E-state index contributed by atoms with van der Waals surface area (Å²) >= 11 is 0. The van der Waals surface area contributed by atoms with Crippen LogP contribution in [-0.4, -0.2) is 22.0 Å². The maximum absolute atomic E-state index is 13.4. The van der Waals surface area contributed by atoms with Crippen LogP contribution >= 0.6 is 0 Å². The Morgan fingerprint density at radius 1 is 1.06 bits per heavy atom. The summed E-state index contributed by atoms with van der Waals surface area (Å²) < 4.78 is 42.1. The van der Waals surface area contributed by atoms with E-state index in [-0.39, 0.29) is 12.3 Å². The number of hydrogen-bond acceptors (Lipinski definition) is 2. The van der Waals surface area contributed by atoms with Gasteiger partial charge in [0.05, 0.1) is 5.56 Å². The van der Waals surface area contributed by atoms with Crippen molar-refractivity contribution >= 4 is 16.8 Å². The molecule has 170 valence electrons. The van der Waals surface area contributed by atoms with E-state index in [1.807, 2.05) is 60.3 Å². The minimum Gasteiger partial charge on any atom is -0.356 e. The topological polar surface area (TPSA) is 46.9 Å². The van der Waals surface area contributed by atoms with Gasteiger partial charge in [0.25, 0.3) is 0 Å². The predicted octanol–water partition coefficient (Wildman–Crippen LogP) is 5.47. The molecule has 0 aliphatic carbocycles. The normalized spacial score (nSPS) is 12.6. The van der Waals surface area contributed by atoms with Crippen LogP contribution in [-0.2, 0) is 24.4 Å². The van der Waals surface area contributed by atoms with Gasteiger partial charge in [0.1, 0.15) is 0 Å². The first-order valence-corrected chi connectivity index (χ1v) is 10.7. The molecular weight excluding hydrogens is 427 g/mol. The Labute approximate surface area is 190 Å². The van der Waals surface area contributed by atoms with Crippen molar-refractivity contribution in [3.8, 4) is 0 Å². The average molecular weight is 451 g/mol. The molecule has 0 aliphatic rings. The van der Waals surface area contributed by atoms with E-state index >= 15 is 0 Å². The Hall–Kier alpha value is -3.61. The fraction of sp³-hybridized carbons (Fsp3) is 0.231. The van der Waals surface area contributed by atoms with Crippen LogP contribution in [0.5, 0.6) is 0 Å². The smallest absolute Gasteiger partial charge is 0.356 e. The van der Waals surface area contributed by atoms with E-state index in [0.29, 0.717) is 18.5 Å². The third-order valence-corrected chi connectivity index (χ3v) is 5.74. The summed E-state index contributed by atoms with van der Waals surface area (Å²) in [5.74, 6) is -0.741. The van der Waals surface area contributed by atoms with E-state index in [2.05, 4.69) is 10.3 Å². The molecule has 33 heavy (non-hydrogen) atoms. The zero-order valence-electron chi connectivity index (χ0n) is 18.1. The van der Waals surface area contributed by atoms with Crippen molar-refractivity contribution in [1.29, 1.82) is 0 Å². The molecule has 0 unspecified atom stereocenters. The van der Waals surface area contributed by atoms with Gasteiger partial charge in [-0.05, 0) is 35.4 Å². The molecule has 7 heteroatoms. The molecule has 1 atom stereocenters. The highest BCUT2D eigenvalue weighted by Crippen LogP contribution is 2.37. The van der Waals surface area contributed by atoms with Crippen LogP contribution < -0.4 is 5.32 Å². The van der Waals surface area contributed by atoms with Gasteiger partial charge in [-0.1, -0.05) is 42.5 Å². The van der Waals surface area contributed by atoms with Crippen LogP contribution in [0.3, 0.4) is 0 Å². The largest absolute Gasteiger partial charge is 0.416 e. The second-order valence-corrected chi connectivity index (χ2v) is 8.01. The summed E-state index contributed by atoms with van der Waals surface area (Å²) in [5.41, 5.74) is 2.38. The number of benzene rings is 2. The second kappa shape index (κ2) is 9.48. The van der Waals surface area contributed by atoms with Gasteiger partial charge < -0.3 is 9.88 Å². The SMILES string of the molecule is Cn1cc([C@H](CC(=O)NCCc2ccccn2)c2cccc(C(F)(F)F)c2)c2ccccc21. The van der Waals surface area contributed by atoms with Crippen LogP contribution in [0.1, 0.15) is 34.7 Å². The number of rotatable bonds is 7. The van der Waals surface area contributed by atoms with E-state index in [1.165, 1.54) is 6.07 Å². The molecule has 4 nitrogen and oxygen atoms in total. The van der Waals surface area contributed by atoms with Crippen molar-refractivity contribution in [2.75, 3.05) is 6.54 Å². The predicted molar refractivity (Wildman–Crippen MR) is 122 cm³/mol. The van der Waals surface area contributed by atoms with E-state index in [4.69, 9.17) is 0 Å². The molecule has 0 spiro atoms. The van der Waals surface area contributed by atoms with Crippen molar-refractivity contribution in [1.82, 2.24) is 14.9 Å². The number of nitrogens with one attached hydrogen (secondary N) is 1. The van der Waals surface area contributed by atoms with Crippen molar-refractivity contribution in [3.05, 3.63) is 102 Å². The number of hydrogen-bond donors (Lipinski definition) is 1. The number of carbonyl (C=O) groups is 1. The monoisotopic (exact) mass is 451 g/mol. The Morgan fingerprint density at radius 2 is 1.85 bits per heavy atom. The highest BCUT2D eigenvalue weighted by Gasteiger charge is 2.32. The zero-order chi connectivity index (χ0) is 23.4. The number of amides is 1.